The summed E-state index contributed by atoms with van der Waals surface area (Å²) in [5, 5.41) is 5.26. The Kier molecular flexibility index (Phi) is 5.87. The number of hydrogen-bond acceptors (Lipinski definition) is 2. The molecule has 33 heavy (non-hydrogen) atoms. The van der Waals surface area contributed by atoms with E-state index in [1.807, 2.05) is 54.7 Å². The maximum atomic E-state index is 6.61. The molecule has 1 aliphatic heterocycles. The normalized spacial score (nSPS) is 17.9. The summed E-state index contributed by atoms with van der Waals surface area (Å²) in [7, 11) is 0. The highest BCUT2D eigenvalue weighted by Gasteiger charge is 2.42. The molecule has 1 aliphatic rings. The van der Waals surface area contributed by atoms with Gasteiger partial charge in [-0.1, -0.05) is 53.5 Å². The summed E-state index contributed by atoms with van der Waals surface area (Å²) in [4.78, 5) is 6.83. The fourth-order valence-corrected chi connectivity index (χ4v) is 5.39. The van der Waals surface area contributed by atoms with E-state index < -0.39 is 0 Å². The van der Waals surface area contributed by atoms with Gasteiger partial charge in [-0.05, 0) is 74.1 Å². The fraction of sp³-hybridized carbons (Fsp3) is 0.154. The second kappa shape index (κ2) is 8.82. The van der Waals surface area contributed by atoms with E-state index in [9.17, 15) is 0 Å². The molecule has 0 aliphatic carbocycles. The summed E-state index contributed by atoms with van der Waals surface area (Å²) < 4.78 is 2.16. The zero-order valence-electron chi connectivity index (χ0n) is 18.2. The highest BCUT2D eigenvalue weighted by Crippen LogP contribution is 2.44. The van der Waals surface area contributed by atoms with Gasteiger partial charge in [-0.25, -0.2) is 0 Å². The summed E-state index contributed by atoms with van der Waals surface area (Å²) in [5.74, 6) is 0. The van der Waals surface area contributed by atoms with E-state index in [1.54, 1.807) is 6.07 Å². The molecule has 2 aromatic heterocycles. The number of pyridine rings is 1. The Morgan fingerprint density at radius 1 is 0.939 bits per heavy atom. The Morgan fingerprint density at radius 3 is 2.42 bits per heavy atom. The predicted octanol–water partition coefficient (Wildman–Crippen LogP) is 6.97. The molecular weight excluding hydrogens is 471 g/mol. The van der Waals surface area contributed by atoms with Gasteiger partial charge >= 0.3 is 0 Å². The van der Waals surface area contributed by atoms with Gasteiger partial charge in [-0.3, -0.25) is 4.98 Å². The van der Waals surface area contributed by atoms with E-state index in [-0.39, 0.29) is 12.1 Å². The molecule has 0 spiro atoms. The molecule has 1 fully saturated rings. The third-order valence-corrected chi connectivity index (χ3v) is 7.22. The van der Waals surface area contributed by atoms with Crippen molar-refractivity contribution in [3.63, 3.8) is 0 Å². The van der Waals surface area contributed by atoms with Crippen molar-refractivity contribution in [2.24, 2.45) is 0 Å². The molecule has 0 bridgehead atoms. The van der Waals surface area contributed by atoms with Crippen molar-refractivity contribution in [3.8, 4) is 5.69 Å². The Balaban J connectivity index is 1.70. The van der Waals surface area contributed by atoms with E-state index >= 15 is 0 Å². The molecule has 2 atom stereocenters. The van der Waals surface area contributed by atoms with Crippen LogP contribution in [0.4, 0.5) is 5.69 Å². The maximum absolute atomic E-state index is 6.61. The van der Waals surface area contributed by atoms with Gasteiger partial charge in [-0.2, -0.15) is 0 Å². The van der Waals surface area contributed by atoms with Crippen LogP contribution in [-0.2, 0) is 0 Å². The van der Waals surface area contributed by atoms with E-state index in [0.717, 1.165) is 34.0 Å². The van der Waals surface area contributed by atoms with Crippen LogP contribution in [0.15, 0.2) is 79.0 Å². The molecule has 3 heterocycles. The monoisotopic (exact) mass is 492 g/mol. The number of nitrogens with zero attached hydrogens (tertiary/aromatic N) is 3. The summed E-state index contributed by atoms with van der Waals surface area (Å²) in [6.45, 7) is 4.19. The van der Waals surface area contributed by atoms with Crippen LogP contribution in [0.2, 0.25) is 10.0 Å². The molecule has 166 valence electrons. The molecule has 0 radical (unpaired) electrons. The molecule has 0 saturated carbocycles. The van der Waals surface area contributed by atoms with E-state index in [2.05, 4.69) is 51.8 Å². The van der Waals surface area contributed by atoms with Crippen molar-refractivity contribution in [1.82, 2.24) is 14.9 Å². The van der Waals surface area contributed by atoms with Crippen molar-refractivity contribution in [2.75, 3.05) is 4.90 Å². The Hall–Kier alpha value is -2.86. The van der Waals surface area contributed by atoms with Crippen LogP contribution in [0.1, 0.15) is 34.7 Å². The molecule has 0 amide bonds. The first-order chi connectivity index (χ1) is 16.0. The molecule has 1 N–H and O–H groups in total. The predicted molar refractivity (Wildman–Crippen MR) is 140 cm³/mol. The minimum absolute atomic E-state index is 0.0901. The van der Waals surface area contributed by atoms with Gasteiger partial charge in [-0.15, -0.1) is 0 Å². The van der Waals surface area contributed by atoms with E-state index in [4.69, 9.17) is 35.4 Å². The lowest BCUT2D eigenvalue weighted by atomic mass is 9.96. The number of aromatic nitrogens is 2. The van der Waals surface area contributed by atoms with Gasteiger partial charge in [0.15, 0.2) is 5.11 Å². The van der Waals surface area contributed by atoms with Crippen molar-refractivity contribution in [3.05, 3.63) is 112 Å². The van der Waals surface area contributed by atoms with Crippen molar-refractivity contribution in [1.29, 1.82) is 0 Å². The summed E-state index contributed by atoms with van der Waals surface area (Å²) in [5.41, 5.74) is 6.13. The minimum atomic E-state index is -0.109. The van der Waals surface area contributed by atoms with Gasteiger partial charge in [0.2, 0.25) is 0 Å². The van der Waals surface area contributed by atoms with Gasteiger partial charge in [0, 0.05) is 23.3 Å². The van der Waals surface area contributed by atoms with Crippen LogP contribution in [0, 0.1) is 13.8 Å². The summed E-state index contributed by atoms with van der Waals surface area (Å²) >= 11 is 18.8. The standard InChI is InChI=1S/C26H22Cl2N4S/c1-16-15-19(17(2)31(16)22-13-8-11-20(27)23(22)28)25-24(21-12-6-7-14-29-21)30-26(33)32(25)18-9-4-3-5-10-18/h3-15,24-25H,1-2H3,(H,30,33)/t24-,25-/m0/s1. The van der Waals surface area contributed by atoms with Crippen LogP contribution < -0.4 is 10.2 Å². The Labute approximate surface area is 208 Å². The Bertz CT molecular complexity index is 1320. The van der Waals surface area contributed by atoms with Crippen LogP contribution in [-0.4, -0.2) is 14.7 Å². The largest absolute Gasteiger partial charge is 0.351 e. The maximum Gasteiger partial charge on any atom is 0.174 e. The zero-order valence-corrected chi connectivity index (χ0v) is 20.5. The van der Waals surface area contributed by atoms with E-state index in [0.29, 0.717) is 15.2 Å². The van der Waals surface area contributed by atoms with Crippen molar-refractivity contribution >= 4 is 46.2 Å². The second-order valence-electron chi connectivity index (χ2n) is 8.07. The van der Waals surface area contributed by atoms with Gasteiger partial charge in [0.05, 0.1) is 33.5 Å². The first-order valence-corrected chi connectivity index (χ1v) is 11.8. The van der Waals surface area contributed by atoms with Crippen LogP contribution in [0.3, 0.4) is 0 Å². The average Bonchev–Trinajstić information content (AvgIpc) is 3.32. The summed E-state index contributed by atoms with van der Waals surface area (Å²) in [6.07, 6.45) is 1.82. The number of nitrogens with one attached hydrogen (secondary N) is 1. The van der Waals surface area contributed by atoms with Gasteiger partial charge < -0.3 is 14.8 Å². The fourth-order valence-electron chi connectivity index (χ4n) is 4.66. The Morgan fingerprint density at radius 2 is 1.70 bits per heavy atom. The quantitative estimate of drug-likeness (QED) is 0.311. The topological polar surface area (TPSA) is 33.1 Å². The molecule has 4 aromatic rings. The highest BCUT2D eigenvalue weighted by molar-refractivity contribution is 7.80. The molecule has 2 aromatic carbocycles. The lowest BCUT2D eigenvalue weighted by Crippen LogP contribution is -2.29. The summed E-state index contributed by atoms with van der Waals surface area (Å²) in [6, 6.07) is 23.9. The third-order valence-electron chi connectivity index (χ3n) is 6.09. The minimum Gasteiger partial charge on any atom is -0.351 e. The number of benzene rings is 2. The lowest BCUT2D eigenvalue weighted by Gasteiger charge is -2.28. The first-order valence-electron chi connectivity index (χ1n) is 10.7. The molecule has 7 heteroatoms. The molecule has 4 nitrogen and oxygen atoms in total. The molecular formula is C26H22Cl2N4S. The number of aryl methyl sites for hydroxylation is 1. The molecule has 5 rings (SSSR count). The smallest absolute Gasteiger partial charge is 0.174 e. The lowest BCUT2D eigenvalue weighted by molar-refractivity contribution is 0.565. The number of anilines is 1. The van der Waals surface area contributed by atoms with E-state index in [1.165, 1.54) is 0 Å². The number of thiocarbonyl (C=S) groups is 1. The average molecular weight is 493 g/mol. The molecule has 1 saturated heterocycles. The van der Waals surface area contributed by atoms with Gasteiger partial charge in [0.25, 0.3) is 0 Å². The zero-order chi connectivity index (χ0) is 23.1. The number of para-hydroxylation sites is 1. The number of rotatable bonds is 4. The van der Waals surface area contributed by atoms with Gasteiger partial charge in [0.1, 0.15) is 0 Å². The van der Waals surface area contributed by atoms with Crippen LogP contribution >= 0.6 is 35.4 Å². The first kappa shape index (κ1) is 22.0. The number of hydrogen-bond donors (Lipinski definition) is 1. The SMILES string of the molecule is Cc1cc([C@H]2[C@H](c3ccccn3)NC(=S)N2c2ccccc2)c(C)n1-c1cccc(Cl)c1Cl. The van der Waals surface area contributed by atoms with Crippen molar-refractivity contribution in [2.45, 2.75) is 25.9 Å². The molecule has 0 unspecified atom stereocenters. The third kappa shape index (κ3) is 3.80. The van der Waals surface area contributed by atoms with Crippen LogP contribution in [0.5, 0.6) is 0 Å². The highest BCUT2D eigenvalue weighted by atomic mass is 35.5. The van der Waals surface area contributed by atoms with Crippen LogP contribution in [0.25, 0.3) is 5.69 Å². The van der Waals surface area contributed by atoms with Crippen molar-refractivity contribution < 1.29 is 0 Å². The second-order valence-corrected chi connectivity index (χ2v) is 9.24. The number of halogens is 2.